The Morgan fingerprint density at radius 3 is 2.02 bits per heavy atom. The lowest BCUT2D eigenvalue weighted by molar-refractivity contribution is 0.0683. The average molecular weight is 557 g/mol. The fraction of sp³-hybridized carbons (Fsp3) is 0.125. The number of amides is 1. The molecule has 0 radical (unpaired) electrons. The van der Waals surface area contributed by atoms with Crippen LogP contribution in [-0.2, 0) is 6.42 Å². The lowest BCUT2D eigenvalue weighted by Gasteiger charge is -2.37. The number of ether oxygens (including phenoxy) is 1. The molecule has 1 unspecified atom stereocenters. The van der Waals surface area contributed by atoms with Crippen LogP contribution in [0, 0.1) is 11.6 Å². The summed E-state index contributed by atoms with van der Waals surface area (Å²) in [6, 6.07) is 22.8. The first-order valence-electron chi connectivity index (χ1n) is 12.7. The zero-order chi connectivity index (χ0) is 28.0. The Kier molecular flexibility index (Phi) is 6.60. The van der Waals surface area contributed by atoms with E-state index in [1.54, 1.807) is 40.8 Å². The first kappa shape index (κ1) is 25.8. The second kappa shape index (κ2) is 10.2. The van der Waals surface area contributed by atoms with Gasteiger partial charge in [-0.05, 0) is 96.4 Å². The molecule has 5 aromatic rings. The van der Waals surface area contributed by atoms with E-state index in [2.05, 4.69) is 0 Å². The molecule has 8 heteroatoms. The molecule has 4 aromatic carbocycles. The number of halogens is 3. The summed E-state index contributed by atoms with van der Waals surface area (Å²) in [5.41, 5.74) is 3.55. The van der Waals surface area contributed by atoms with Crippen LogP contribution in [-0.4, -0.2) is 34.9 Å². The van der Waals surface area contributed by atoms with Gasteiger partial charge in [0.1, 0.15) is 17.4 Å². The third kappa shape index (κ3) is 4.42. The summed E-state index contributed by atoms with van der Waals surface area (Å²) in [5.74, 6) is -0.898. The molecule has 5 nitrogen and oxygen atoms in total. The molecule has 0 saturated carbocycles. The van der Waals surface area contributed by atoms with E-state index in [1.165, 1.54) is 48.5 Å². The normalized spacial score (nSPS) is 14.7. The molecule has 1 atom stereocenters. The van der Waals surface area contributed by atoms with Crippen LogP contribution in [0.3, 0.4) is 0 Å². The molecule has 1 aliphatic heterocycles. The molecule has 1 aliphatic rings. The van der Waals surface area contributed by atoms with Gasteiger partial charge in [-0.2, -0.15) is 0 Å². The van der Waals surface area contributed by atoms with Gasteiger partial charge < -0.3 is 9.64 Å². The van der Waals surface area contributed by atoms with Crippen molar-refractivity contribution >= 4 is 34.3 Å². The number of rotatable bonds is 4. The van der Waals surface area contributed by atoms with E-state index in [4.69, 9.17) is 16.3 Å². The van der Waals surface area contributed by atoms with Crippen LogP contribution in [0.2, 0.25) is 5.02 Å². The first-order chi connectivity index (χ1) is 19.4. The third-order valence-corrected chi connectivity index (χ3v) is 7.56. The quantitative estimate of drug-likeness (QED) is 0.238. The van der Waals surface area contributed by atoms with E-state index in [1.807, 2.05) is 18.2 Å². The van der Waals surface area contributed by atoms with Gasteiger partial charge in [0, 0.05) is 28.1 Å². The SMILES string of the molecule is COc1ccc(C2c3c(c4cc(Cl)ccc4n3C(=O)c3ccc(F)cc3)CCN2C(=O)c2ccc(F)cc2)cc1. The molecule has 0 bridgehead atoms. The molecule has 200 valence electrons. The minimum Gasteiger partial charge on any atom is -0.497 e. The van der Waals surface area contributed by atoms with Gasteiger partial charge in [0.2, 0.25) is 0 Å². The lowest BCUT2D eigenvalue weighted by atomic mass is 9.91. The van der Waals surface area contributed by atoms with Gasteiger partial charge in [-0.15, -0.1) is 0 Å². The van der Waals surface area contributed by atoms with E-state index in [0.29, 0.717) is 46.1 Å². The van der Waals surface area contributed by atoms with Crippen LogP contribution in [0.4, 0.5) is 8.78 Å². The van der Waals surface area contributed by atoms with E-state index in [9.17, 15) is 18.4 Å². The third-order valence-electron chi connectivity index (χ3n) is 7.33. The Morgan fingerprint density at radius 1 is 0.825 bits per heavy atom. The van der Waals surface area contributed by atoms with Crippen molar-refractivity contribution in [1.82, 2.24) is 9.47 Å². The Labute approximate surface area is 234 Å². The van der Waals surface area contributed by atoms with Gasteiger partial charge in [-0.3, -0.25) is 14.2 Å². The monoisotopic (exact) mass is 556 g/mol. The number of benzene rings is 4. The van der Waals surface area contributed by atoms with Gasteiger partial charge in [0.15, 0.2) is 0 Å². The molecule has 6 rings (SSSR count). The van der Waals surface area contributed by atoms with Crippen LogP contribution in [0.25, 0.3) is 10.9 Å². The van der Waals surface area contributed by atoms with Gasteiger partial charge >= 0.3 is 0 Å². The predicted octanol–water partition coefficient (Wildman–Crippen LogP) is 7.06. The minimum absolute atomic E-state index is 0.296. The van der Waals surface area contributed by atoms with Gasteiger partial charge in [0.05, 0.1) is 24.4 Å². The number of nitrogens with zero attached hydrogens (tertiary/aromatic N) is 2. The summed E-state index contributed by atoms with van der Waals surface area (Å²) in [7, 11) is 1.57. The number of fused-ring (bicyclic) bond motifs is 3. The minimum atomic E-state index is -0.664. The molecule has 40 heavy (non-hydrogen) atoms. The van der Waals surface area contributed by atoms with E-state index < -0.39 is 17.7 Å². The molecular formula is C32H23ClF2N2O3. The number of carbonyl (C=O) groups is 2. The van der Waals surface area contributed by atoms with Crippen molar-refractivity contribution < 1.29 is 23.1 Å². The van der Waals surface area contributed by atoms with Crippen molar-refractivity contribution in [3.63, 3.8) is 0 Å². The van der Waals surface area contributed by atoms with Gasteiger partial charge in [-0.1, -0.05) is 23.7 Å². The van der Waals surface area contributed by atoms with Gasteiger partial charge in [-0.25, -0.2) is 8.78 Å². The standard InChI is InChI=1S/C32H23ClF2N2O3/c1-40-25-13-6-19(7-14-25)29-30-26(16-17-36(29)31(38)20-2-9-23(34)10-3-20)27-18-22(33)8-15-28(27)37(30)32(39)21-4-11-24(35)12-5-21/h2-15,18,29H,16-17H2,1H3. The summed E-state index contributed by atoms with van der Waals surface area (Å²) >= 11 is 6.40. The zero-order valence-corrected chi connectivity index (χ0v) is 22.2. The second-order valence-electron chi connectivity index (χ2n) is 9.60. The highest BCUT2D eigenvalue weighted by Crippen LogP contribution is 2.42. The molecule has 0 spiro atoms. The molecule has 0 N–H and O–H groups in total. The molecule has 1 aromatic heterocycles. The highest BCUT2D eigenvalue weighted by molar-refractivity contribution is 6.31. The largest absolute Gasteiger partial charge is 0.497 e. The molecular weight excluding hydrogens is 534 g/mol. The molecule has 0 fully saturated rings. The number of hydrogen-bond donors (Lipinski definition) is 0. The van der Waals surface area contributed by atoms with Crippen LogP contribution in [0.1, 0.15) is 43.6 Å². The molecule has 2 heterocycles. The van der Waals surface area contributed by atoms with Crippen molar-refractivity contribution in [3.05, 3.63) is 136 Å². The fourth-order valence-corrected chi connectivity index (χ4v) is 5.62. The Balaban J connectivity index is 1.60. The number of carbonyl (C=O) groups excluding carboxylic acids is 2. The highest BCUT2D eigenvalue weighted by atomic mass is 35.5. The van der Waals surface area contributed by atoms with Crippen LogP contribution in [0.15, 0.2) is 91.0 Å². The molecule has 0 aliphatic carbocycles. The van der Waals surface area contributed by atoms with Crippen LogP contribution in [0.5, 0.6) is 5.75 Å². The Bertz CT molecular complexity index is 1750. The van der Waals surface area contributed by atoms with Crippen LogP contribution < -0.4 is 4.74 Å². The smallest absolute Gasteiger partial charge is 0.262 e. The first-order valence-corrected chi connectivity index (χ1v) is 13.1. The summed E-state index contributed by atoms with van der Waals surface area (Å²) < 4.78 is 34.3. The molecule has 0 saturated heterocycles. The van der Waals surface area contributed by atoms with E-state index in [0.717, 1.165) is 16.5 Å². The Hall–Kier alpha value is -4.49. The topological polar surface area (TPSA) is 51.5 Å². The second-order valence-corrected chi connectivity index (χ2v) is 10.0. The maximum absolute atomic E-state index is 14.1. The van der Waals surface area contributed by atoms with Crippen molar-refractivity contribution in [1.29, 1.82) is 0 Å². The maximum Gasteiger partial charge on any atom is 0.262 e. The summed E-state index contributed by atoms with van der Waals surface area (Å²) in [6.45, 7) is 0.357. The summed E-state index contributed by atoms with van der Waals surface area (Å²) in [5, 5.41) is 1.33. The van der Waals surface area contributed by atoms with Crippen molar-refractivity contribution in [2.45, 2.75) is 12.5 Å². The van der Waals surface area contributed by atoms with Crippen LogP contribution >= 0.6 is 11.6 Å². The molecule has 1 amide bonds. The predicted molar refractivity (Wildman–Crippen MR) is 149 cm³/mol. The highest BCUT2D eigenvalue weighted by Gasteiger charge is 2.38. The van der Waals surface area contributed by atoms with Crippen molar-refractivity contribution in [2.24, 2.45) is 0 Å². The number of hydrogen-bond acceptors (Lipinski definition) is 3. The summed E-state index contributed by atoms with van der Waals surface area (Å²) in [4.78, 5) is 29.7. The summed E-state index contributed by atoms with van der Waals surface area (Å²) in [6.07, 6.45) is 0.468. The lowest BCUT2D eigenvalue weighted by Crippen LogP contribution is -2.42. The number of methoxy groups -OCH3 is 1. The van der Waals surface area contributed by atoms with Gasteiger partial charge in [0.25, 0.3) is 11.8 Å². The van der Waals surface area contributed by atoms with E-state index >= 15 is 0 Å². The van der Waals surface area contributed by atoms with E-state index in [-0.39, 0.29) is 11.8 Å². The van der Waals surface area contributed by atoms with Crippen molar-refractivity contribution in [2.75, 3.05) is 13.7 Å². The Morgan fingerprint density at radius 2 is 1.43 bits per heavy atom. The van der Waals surface area contributed by atoms with Crippen molar-refractivity contribution in [3.8, 4) is 5.75 Å². The average Bonchev–Trinajstić information content (AvgIpc) is 3.30. The zero-order valence-electron chi connectivity index (χ0n) is 21.4. The fourth-order valence-electron chi connectivity index (χ4n) is 5.45. The number of aromatic nitrogens is 1. The maximum atomic E-state index is 14.1.